The molecule has 1 aromatic carbocycles. The van der Waals surface area contributed by atoms with Gasteiger partial charge in [-0.05, 0) is 31.2 Å². The van der Waals surface area contributed by atoms with Crippen LogP contribution in [0.4, 0.5) is 4.39 Å². The molecular formula is C18H18FN5O3. The van der Waals surface area contributed by atoms with E-state index in [0.29, 0.717) is 31.0 Å². The molecule has 1 saturated heterocycles. The van der Waals surface area contributed by atoms with Gasteiger partial charge in [-0.15, -0.1) is 0 Å². The fourth-order valence-electron chi connectivity index (χ4n) is 3.00. The highest BCUT2D eigenvalue weighted by Gasteiger charge is 2.25. The molecule has 0 spiro atoms. The lowest BCUT2D eigenvalue weighted by atomic mass is 10.1. The third-order valence-corrected chi connectivity index (χ3v) is 4.64. The van der Waals surface area contributed by atoms with Crippen molar-refractivity contribution in [2.45, 2.75) is 13.5 Å². The van der Waals surface area contributed by atoms with Gasteiger partial charge in [0.05, 0.1) is 0 Å². The number of benzene rings is 1. The Hall–Kier alpha value is -3.07. The minimum absolute atomic E-state index is 0.175. The summed E-state index contributed by atoms with van der Waals surface area (Å²) in [4.78, 5) is 16.6. The van der Waals surface area contributed by atoms with E-state index >= 15 is 0 Å². The molecule has 1 fully saturated rings. The molecule has 0 N–H and O–H groups in total. The summed E-state index contributed by atoms with van der Waals surface area (Å²) in [5.74, 6) is -0.0685. The van der Waals surface area contributed by atoms with E-state index in [4.69, 9.17) is 9.15 Å². The van der Waals surface area contributed by atoms with Crippen LogP contribution in [-0.2, 0) is 6.54 Å². The molecule has 4 rings (SSSR count). The molecule has 0 bridgehead atoms. The van der Waals surface area contributed by atoms with Crippen LogP contribution in [0.5, 0.6) is 0 Å². The third kappa shape index (κ3) is 3.72. The summed E-state index contributed by atoms with van der Waals surface area (Å²) in [6.45, 7) is 5.12. The van der Waals surface area contributed by atoms with Crippen LogP contribution in [0.25, 0.3) is 11.3 Å². The smallest absolute Gasteiger partial charge is 0.276 e. The minimum atomic E-state index is -0.330. The Morgan fingerprint density at radius 1 is 1.11 bits per heavy atom. The maximum atomic E-state index is 13.0. The number of hydrogen-bond acceptors (Lipinski definition) is 7. The standard InChI is InChI=1S/C18H18FN5O3/c1-12-16(22-27-20-12)11-23-6-8-24(9-7-23)18(25)15-10-17(26-21-15)13-2-4-14(19)5-3-13/h2-5,10H,6-9,11H2,1H3. The summed E-state index contributed by atoms with van der Waals surface area (Å²) in [7, 11) is 0. The van der Waals surface area contributed by atoms with E-state index in [1.165, 1.54) is 12.1 Å². The van der Waals surface area contributed by atoms with Crippen molar-refractivity contribution in [3.05, 3.63) is 53.2 Å². The highest BCUT2D eigenvalue weighted by atomic mass is 19.1. The van der Waals surface area contributed by atoms with Crippen LogP contribution >= 0.6 is 0 Å². The van der Waals surface area contributed by atoms with Crippen LogP contribution in [0, 0.1) is 12.7 Å². The summed E-state index contributed by atoms with van der Waals surface area (Å²) in [6, 6.07) is 7.44. The van der Waals surface area contributed by atoms with Gasteiger partial charge in [0.15, 0.2) is 11.5 Å². The molecule has 1 aliphatic rings. The first-order chi connectivity index (χ1) is 13.1. The Kier molecular flexibility index (Phi) is 4.68. The predicted octanol–water partition coefficient (Wildman–Crippen LogP) is 2.13. The SMILES string of the molecule is Cc1nonc1CN1CCN(C(=O)c2cc(-c3ccc(F)cc3)on2)CC1. The normalized spacial score (nSPS) is 15.3. The van der Waals surface area contributed by atoms with E-state index in [1.54, 1.807) is 23.1 Å². The van der Waals surface area contributed by atoms with Gasteiger partial charge in [-0.25, -0.2) is 9.02 Å². The molecular weight excluding hydrogens is 353 g/mol. The van der Waals surface area contributed by atoms with E-state index in [9.17, 15) is 9.18 Å². The maximum absolute atomic E-state index is 13.0. The van der Waals surface area contributed by atoms with Gasteiger partial charge in [-0.1, -0.05) is 15.5 Å². The summed E-state index contributed by atoms with van der Waals surface area (Å²) in [5.41, 5.74) is 2.52. The number of rotatable bonds is 4. The van der Waals surface area contributed by atoms with Crippen molar-refractivity contribution in [3.63, 3.8) is 0 Å². The monoisotopic (exact) mass is 371 g/mol. The van der Waals surface area contributed by atoms with Gasteiger partial charge in [0.1, 0.15) is 17.2 Å². The number of halogens is 1. The van der Waals surface area contributed by atoms with Gasteiger partial charge < -0.3 is 9.42 Å². The highest BCUT2D eigenvalue weighted by molar-refractivity contribution is 5.93. The van der Waals surface area contributed by atoms with Gasteiger partial charge in [0.25, 0.3) is 5.91 Å². The fourth-order valence-corrected chi connectivity index (χ4v) is 3.00. The average molecular weight is 371 g/mol. The molecule has 0 saturated carbocycles. The van der Waals surface area contributed by atoms with Crippen molar-refractivity contribution in [2.75, 3.05) is 26.2 Å². The lowest BCUT2D eigenvalue weighted by Crippen LogP contribution is -2.48. The largest absolute Gasteiger partial charge is 0.355 e. The van der Waals surface area contributed by atoms with Crippen molar-refractivity contribution in [1.29, 1.82) is 0 Å². The molecule has 0 radical (unpaired) electrons. The van der Waals surface area contributed by atoms with E-state index in [1.807, 2.05) is 6.92 Å². The van der Waals surface area contributed by atoms with Crippen molar-refractivity contribution >= 4 is 5.91 Å². The minimum Gasteiger partial charge on any atom is -0.355 e. The molecule has 1 aliphatic heterocycles. The van der Waals surface area contributed by atoms with E-state index in [0.717, 1.165) is 24.5 Å². The van der Waals surface area contributed by atoms with Gasteiger partial charge in [0, 0.05) is 44.4 Å². The van der Waals surface area contributed by atoms with Gasteiger partial charge in [-0.2, -0.15) is 0 Å². The van der Waals surface area contributed by atoms with Crippen LogP contribution in [0.1, 0.15) is 21.9 Å². The molecule has 0 unspecified atom stereocenters. The second-order valence-corrected chi connectivity index (χ2v) is 6.45. The van der Waals surface area contributed by atoms with Crippen molar-refractivity contribution < 1.29 is 18.3 Å². The lowest BCUT2D eigenvalue weighted by Gasteiger charge is -2.33. The number of carbonyl (C=O) groups excluding carboxylic acids is 1. The van der Waals surface area contributed by atoms with Crippen LogP contribution in [-0.4, -0.2) is 57.4 Å². The number of piperazine rings is 1. The summed E-state index contributed by atoms with van der Waals surface area (Å²) < 4.78 is 23.0. The summed E-state index contributed by atoms with van der Waals surface area (Å²) in [5, 5.41) is 11.6. The molecule has 3 aromatic rings. The molecule has 9 heteroatoms. The number of hydrogen-bond donors (Lipinski definition) is 0. The van der Waals surface area contributed by atoms with Gasteiger partial charge >= 0.3 is 0 Å². The van der Waals surface area contributed by atoms with Gasteiger partial charge in [-0.3, -0.25) is 9.69 Å². The zero-order chi connectivity index (χ0) is 18.8. The number of aryl methyl sites for hydroxylation is 1. The van der Waals surface area contributed by atoms with Crippen molar-refractivity contribution in [2.24, 2.45) is 0 Å². The first-order valence-electron chi connectivity index (χ1n) is 8.62. The number of aromatic nitrogens is 3. The number of carbonyl (C=O) groups is 1. The first kappa shape index (κ1) is 17.3. The number of nitrogens with zero attached hydrogens (tertiary/aromatic N) is 5. The van der Waals surface area contributed by atoms with Crippen LogP contribution in [0.2, 0.25) is 0 Å². The Morgan fingerprint density at radius 3 is 2.52 bits per heavy atom. The fraction of sp³-hybridized carbons (Fsp3) is 0.333. The predicted molar refractivity (Wildman–Crippen MR) is 92.1 cm³/mol. The molecule has 2 aromatic heterocycles. The highest BCUT2D eigenvalue weighted by Crippen LogP contribution is 2.21. The topological polar surface area (TPSA) is 88.5 Å². The Morgan fingerprint density at radius 2 is 1.85 bits per heavy atom. The van der Waals surface area contributed by atoms with Crippen molar-refractivity contribution in [3.8, 4) is 11.3 Å². The van der Waals surface area contributed by atoms with E-state index in [2.05, 4.69) is 20.4 Å². The third-order valence-electron chi connectivity index (χ3n) is 4.64. The molecule has 0 atom stereocenters. The molecule has 8 nitrogen and oxygen atoms in total. The van der Waals surface area contributed by atoms with Crippen molar-refractivity contribution in [1.82, 2.24) is 25.3 Å². The summed E-state index contributed by atoms with van der Waals surface area (Å²) >= 11 is 0. The molecule has 27 heavy (non-hydrogen) atoms. The second-order valence-electron chi connectivity index (χ2n) is 6.45. The lowest BCUT2D eigenvalue weighted by molar-refractivity contribution is 0.0615. The second kappa shape index (κ2) is 7.28. The molecule has 0 aliphatic carbocycles. The van der Waals surface area contributed by atoms with Gasteiger partial charge in [0.2, 0.25) is 0 Å². The quantitative estimate of drug-likeness (QED) is 0.694. The average Bonchev–Trinajstić information content (AvgIpc) is 3.32. The zero-order valence-electron chi connectivity index (χ0n) is 14.8. The van der Waals surface area contributed by atoms with E-state index in [-0.39, 0.29) is 17.4 Å². The van der Waals surface area contributed by atoms with Crippen LogP contribution < -0.4 is 0 Å². The van der Waals surface area contributed by atoms with Crippen LogP contribution in [0.15, 0.2) is 39.5 Å². The Bertz CT molecular complexity index is 929. The molecule has 3 heterocycles. The first-order valence-corrected chi connectivity index (χ1v) is 8.62. The van der Waals surface area contributed by atoms with Crippen LogP contribution in [0.3, 0.4) is 0 Å². The molecule has 1 amide bonds. The zero-order valence-corrected chi connectivity index (χ0v) is 14.8. The summed E-state index contributed by atoms with van der Waals surface area (Å²) in [6.07, 6.45) is 0. The maximum Gasteiger partial charge on any atom is 0.276 e. The molecule has 140 valence electrons. The van der Waals surface area contributed by atoms with E-state index < -0.39 is 0 Å². The Labute approximate surface area is 154 Å². The number of amides is 1. The Balaban J connectivity index is 1.37.